The van der Waals surface area contributed by atoms with Crippen molar-refractivity contribution < 1.29 is 30.8 Å². The number of nitrogens with zero attached hydrogens (tertiary/aromatic N) is 3. The van der Waals surface area contributed by atoms with Crippen molar-refractivity contribution in [2.75, 3.05) is 13.1 Å². The summed E-state index contributed by atoms with van der Waals surface area (Å²) in [5, 5.41) is 3.62. The molecule has 0 radical (unpaired) electrons. The molecule has 0 amide bonds. The summed E-state index contributed by atoms with van der Waals surface area (Å²) < 4.78 is 74.4. The summed E-state index contributed by atoms with van der Waals surface area (Å²) in [6.45, 7) is 3.06. The third-order valence-corrected chi connectivity index (χ3v) is 5.78. The maximum Gasteiger partial charge on any atom is 0.433 e. The van der Waals surface area contributed by atoms with Gasteiger partial charge in [0.05, 0.1) is 13.1 Å². The Labute approximate surface area is 141 Å². The summed E-state index contributed by atoms with van der Waals surface area (Å²) in [6, 6.07) is 2.08. The zero-order valence-corrected chi connectivity index (χ0v) is 14.1. The van der Waals surface area contributed by atoms with Crippen LogP contribution in [-0.4, -0.2) is 42.1 Å². The highest BCUT2D eigenvalue weighted by Crippen LogP contribution is 2.31. The fourth-order valence-corrected chi connectivity index (χ4v) is 4.27. The lowest BCUT2D eigenvalue weighted by molar-refractivity contribution is -0.141. The Kier molecular flexibility index (Phi) is 4.23. The molecule has 1 aliphatic heterocycles. The number of halogens is 3. The van der Waals surface area contributed by atoms with Crippen molar-refractivity contribution in [3.8, 4) is 5.75 Å². The van der Waals surface area contributed by atoms with Crippen LogP contribution >= 0.6 is 0 Å². The van der Waals surface area contributed by atoms with Crippen LogP contribution < -0.4 is 4.74 Å². The first-order valence-corrected chi connectivity index (χ1v) is 8.66. The molecular weight excluding hydrogens is 363 g/mol. The van der Waals surface area contributed by atoms with Gasteiger partial charge in [0, 0.05) is 12.3 Å². The Balaban J connectivity index is 1.67. The van der Waals surface area contributed by atoms with Crippen LogP contribution in [0.5, 0.6) is 5.75 Å². The Morgan fingerprint density at radius 3 is 2.56 bits per heavy atom. The Morgan fingerprint density at radius 2 is 2.00 bits per heavy atom. The fraction of sp³-hybridized carbons (Fsp3) is 0.429. The normalized spacial score (nSPS) is 16.7. The second kappa shape index (κ2) is 5.99. The predicted octanol–water partition coefficient (Wildman–Crippen LogP) is 2.16. The number of pyridine rings is 1. The molecular formula is C14H14F3N3O4S. The van der Waals surface area contributed by atoms with E-state index >= 15 is 0 Å². The first-order valence-electron chi connectivity index (χ1n) is 7.22. The SMILES string of the molecule is Cc1noc(C)c1S(=O)(=O)N1CC(Oc2ccnc(C(F)(F)F)c2)C1. The van der Waals surface area contributed by atoms with Crippen LogP contribution in [0.1, 0.15) is 17.1 Å². The Hall–Kier alpha value is -2.14. The van der Waals surface area contributed by atoms with E-state index in [-0.39, 0.29) is 35.2 Å². The van der Waals surface area contributed by atoms with Crippen molar-refractivity contribution >= 4 is 10.0 Å². The minimum Gasteiger partial charge on any atom is -0.488 e. The molecule has 0 aliphatic carbocycles. The monoisotopic (exact) mass is 377 g/mol. The molecule has 0 atom stereocenters. The maximum atomic E-state index is 12.6. The number of sulfonamides is 1. The minimum atomic E-state index is -4.57. The van der Waals surface area contributed by atoms with Gasteiger partial charge in [-0.3, -0.25) is 4.98 Å². The van der Waals surface area contributed by atoms with E-state index in [2.05, 4.69) is 10.1 Å². The standard InChI is InChI=1S/C14H14F3N3O4S/c1-8-13(9(2)24-19-8)25(21,22)20-6-11(7-20)23-10-3-4-18-12(5-10)14(15,16)17/h3-5,11H,6-7H2,1-2H3. The summed E-state index contributed by atoms with van der Waals surface area (Å²) in [5.41, 5.74) is -0.810. The van der Waals surface area contributed by atoms with Crippen LogP contribution in [0.3, 0.4) is 0 Å². The topological polar surface area (TPSA) is 85.5 Å². The van der Waals surface area contributed by atoms with E-state index in [0.29, 0.717) is 0 Å². The van der Waals surface area contributed by atoms with E-state index in [0.717, 1.165) is 16.6 Å². The maximum absolute atomic E-state index is 12.6. The van der Waals surface area contributed by atoms with Crippen molar-refractivity contribution in [3.63, 3.8) is 0 Å². The molecule has 2 aromatic heterocycles. The smallest absolute Gasteiger partial charge is 0.433 e. The summed E-state index contributed by atoms with van der Waals surface area (Å²) in [5.74, 6) is 0.174. The number of ether oxygens (including phenoxy) is 1. The summed E-state index contributed by atoms with van der Waals surface area (Å²) in [6.07, 6.45) is -4.12. The van der Waals surface area contributed by atoms with E-state index in [1.807, 2.05) is 0 Å². The van der Waals surface area contributed by atoms with Gasteiger partial charge in [0.2, 0.25) is 10.0 Å². The van der Waals surface area contributed by atoms with E-state index in [1.165, 1.54) is 19.9 Å². The molecule has 0 N–H and O–H groups in total. The molecule has 3 heterocycles. The molecule has 0 spiro atoms. The fourth-order valence-electron chi connectivity index (χ4n) is 2.48. The molecule has 1 fully saturated rings. The largest absolute Gasteiger partial charge is 0.488 e. The quantitative estimate of drug-likeness (QED) is 0.812. The van der Waals surface area contributed by atoms with E-state index in [4.69, 9.17) is 9.26 Å². The van der Waals surface area contributed by atoms with Crippen molar-refractivity contribution in [2.24, 2.45) is 0 Å². The molecule has 1 saturated heterocycles. The van der Waals surface area contributed by atoms with Gasteiger partial charge in [0.1, 0.15) is 28.1 Å². The molecule has 0 unspecified atom stereocenters. The highest BCUT2D eigenvalue weighted by Gasteiger charge is 2.41. The van der Waals surface area contributed by atoms with E-state index in [1.54, 1.807) is 0 Å². The molecule has 136 valence electrons. The van der Waals surface area contributed by atoms with E-state index in [9.17, 15) is 21.6 Å². The van der Waals surface area contributed by atoms with Crippen LogP contribution in [-0.2, 0) is 16.2 Å². The molecule has 1 aliphatic rings. The zero-order chi connectivity index (χ0) is 18.4. The third-order valence-electron chi connectivity index (χ3n) is 3.70. The lowest BCUT2D eigenvalue weighted by Crippen LogP contribution is -2.56. The van der Waals surface area contributed by atoms with Crippen molar-refractivity contribution in [3.05, 3.63) is 35.5 Å². The molecule has 25 heavy (non-hydrogen) atoms. The van der Waals surface area contributed by atoms with Crippen molar-refractivity contribution in [1.29, 1.82) is 0 Å². The number of rotatable bonds is 4. The number of alkyl halides is 3. The molecule has 0 bridgehead atoms. The average Bonchev–Trinajstić information content (AvgIpc) is 2.81. The number of hydrogen-bond acceptors (Lipinski definition) is 6. The highest BCUT2D eigenvalue weighted by atomic mass is 32.2. The van der Waals surface area contributed by atoms with Gasteiger partial charge in [-0.05, 0) is 19.9 Å². The lowest BCUT2D eigenvalue weighted by Gasteiger charge is -2.37. The molecule has 0 saturated carbocycles. The van der Waals surface area contributed by atoms with Gasteiger partial charge in [0.15, 0.2) is 5.76 Å². The summed E-state index contributed by atoms with van der Waals surface area (Å²) >= 11 is 0. The second-order valence-corrected chi connectivity index (χ2v) is 7.46. The van der Waals surface area contributed by atoms with Gasteiger partial charge in [-0.1, -0.05) is 5.16 Å². The first-order chi connectivity index (χ1) is 11.6. The molecule has 3 rings (SSSR count). The lowest BCUT2D eigenvalue weighted by atomic mass is 10.2. The molecule has 0 aromatic carbocycles. The number of aromatic nitrogens is 2. The van der Waals surface area contributed by atoms with Gasteiger partial charge >= 0.3 is 6.18 Å². The number of hydrogen-bond donors (Lipinski definition) is 0. The van der Waals surface area contributed by atoms with Crippen LogP contribution in [0.4, 0.5) is 13.2 Å². The van der Waals surface area contributed by atoms with Gasteiger partial charge in [-0.2, -0.15) is 17.5 Å². The summed E-state index contributed by atoms with van der Waals surface area (Å²) in [4.78, 5) is 3.25. The zero-order valence-electron chi connectivity index (χ0n) is 13.2. The highest BCUT2D eigenvalue weighted by molar-refractivity contribution is 7.89. The van der Waals surface area contributed by atoms with Gasteiger partial charge in [-0.15, -0.1) is 0 Å². The van der Waals surface area contributed by atoms with Crippen LogP contribution in [0.25, 0.3) is 0 Å². The molecule has 2 aromatic rings. The minimum absolute atomic E-state index is 0.00854. The Bertz CT molecular complexity index is 869. The second-order valence-electron chi connectivity index (χ2n) is 5.59. The first kappa shape index (κ1) is 17.7. The predicted molar refractivity (Wildman–Crippen MR) is 78.4 cm³/mol. The van der Waals surface area contributed by atoms with Crippen LogP contribution in [0.2, 0.25) is 0 Å². The van der Waals surface area contributed by atoms with Crippen molar-refractivity contribution in [1.82, 2.24) is 14.4 Å². The average molecular weight is 377 g/mol. The van der Waals surface area contributed by atoms with Crippen molar-refractivity contribution in [2.45, 2.75) is 31.0 Å². The van der Waals surface area contributed by atoms with Crippen LogP contribution in [0, 0.1) is 13.8 Å². The Morgan fingerprint density at radius 1 is 1.32 bits per heavy atom. The van der Waals surface area contributed by atoms with Gasteiger partial charge in [-0.25, -0.2) is 8.42 Å². The van der Waals surface area contributed by atoms with Gasteiger partial charge < -0.3 is 9.26 Å². The van der Waals surface area contributed by atoms with E-state index < -0.39 is 28.0 Å². The van der Waals surface area contributed by atoms with Crippen LogP contribution in [0.15, 0.2) is 27.7 Å². The molecule has 11 heteroatoms. The molecule has 7 nitrogen and oxygen atoms in total. The summed E-state index contributed by atoms with van der Waals surface area (Å²) in [7, 11) is -3.77. The third kappa shape index (κ3) is 3.33. The number of aryl methyl sites for hydroxylation is 2. The van der Waals surface area contributed by atoms with Gasteiger partial charge in [0.25, 0.3) is 0 Å².